The van der Waals surface area contributed by atoms with Crippen molar-refractivity contribution < 1.29 is 50.3 Å². The van der Waals surface area contributed by atoms with E-state index in [1.807, 2.05) is 6.92 Å². The van der Waals surface area contributed by atoms with E-state index in [-0.39, 0.29) is 16.3 Å². The lowest BCUT2D eigenvalue weighted by molar-refractivity contribution is -0.362. The third kappa shape index (κ3) is 3.05. The van der Waals surface area contributed by atoms with E-state index in [1.54, 1.807) is 0 Å². The largest absolute Gasteiger partial charge is 0.487 e. The number of anilines is 1. The van der Waals surface area contributed by atoms with Crippen molar-refractivity contribution in [2.45, 2.75) is 37.4 Å². The predicted molar refractivity (Wildman–Crippen MR) is 109 cm³/mol. The number of aliphatic hydroxyl groups is 1. The molecule has 7 rings (SSSR count). The van der Waals surface area contributed by atoms with Gasteiger partial charge in [-0.05, 0) is 36.4 Å². The SMILES string of the molecule is CCn1nnc(-c2ccc(-c3ccc(N4C(=O)O[C@@]5(C(F)(F)[C@H](O)F)OP6(=O)OC45O6)cc3F)cn2)n1. The first-order valence-corrected chi connectivity index (χ1v) is 11.9. The molecule has 4 aliphatic heterocycles. The van der Waals surface area contributed by atoms with Crippen LogP contribution >= 0.6 is 7.82 Å². The average Bonchev–Trinajstić information content (AvgIpc) is 3.53. The molecule has 4 aliphatic rings. The summed E-state index contributed by atoms with van der Waals surface area (Å²) in [6.07, 6.45) is -4.22. The van der Waals surface area contributed by atoms with Crippen LogP contribution in [0.3, 0.4) is 0 Å². The number of aliphatic hydroxyl groups excluding tert-OH is 1. The summed E-state index contributed by atoms with van der Waals surface area (Å²) in [5.41, 5.74) is 0.220. The summed E-state index contributed by atoms with van der Waals surface area (Å²) in [4.78, 5) is 18.3. The highest BCUT2D eigenvalue weighted by Gasteiger charge is 2.97. The van der Waals surface area contributed by atoms with Gasteiger partial charge in [0.25, 0.3) is 6.36 Å². The molecule has 2 atom stereocenters. The minimum Gasteiger partial charge on any atom is -0.401 e. The molecule has 6 heterocycles. The monoisotopic (exact) mass is 544 g/mol. The lowest BCUT2D eigenvalue weighted by Gasteiger charge is -2.40. The molecule has 2 aromatic heterocycles. The van der Waals surface area contributed by atoms with Gasteiger partial charge in [-0.3, -0.25) is 4.98 Å². The van der Waals surface area contributed by atoms with Crippen molar-refractivity contribution in [1.82, 2.24) is 25.2 Å². The van der Waals surface area contributed by atoms with Gasteiger partial charge in [0.15, 0.2) is 0 Å². The van der Waals surface area contributed by atoms with Gasteiger partial charge in [-0.25, -0.2) is 36.6 Å². The number of carbonyl (C=O) groups is 1. The highest BCUT2D eigenvalue weighted by Crippen LogP contribution is 2.82. The number of phosphoric acid groups is 1. The Morgan fingerprint density at radius 2 is 1.97 bits per heavy atom. The number of tetrazole rings is 1. The molecule has 194 valence electrons. The van der Waals surface area contributed by atoms with Gasteiger partial charge in [-0.1, -0.05) is 6.07 Å². The number of benzene rings is 1. The van der Waals surface area contributed by atoms with E-state index in [1.165, 1.54) is 29.2 Å². The van der Waals surface area contributed by atoms with Crippen molar-refractivity contribution in [3.05, 3.63) is 42.3 Å². The quantitative estimate of drug-likeness (QED) is 0.360. The Hall–Kier alpha value is -3.50. The number of phosphoric ester groups is 1. The molecule has 0 radical (unpaired) electrons. The molecule has 0 unspecified atom stereocenters. The van der Waals surface area contributed by atoms with Gasteiger partial charge in [0.05, 0.1) is 12.2 Å². The number of nitrogens with zero attached hydrogens (tertiary/aromatic N) is 6. The topological polar surface area (TPSA) is 151 Å². The van der Waals surface area contributed by atoms with Crippen molar-refractivity contribution in [2.24, 2.45) is 0 Å². The molecule has 0 saturated carbocycles. The zero-order chi connectivity index (χ0) is 26.4. The molecule has 0 aliphatic carbocycles. The lowest BCUT2D eigenvalue weighted by Crippen LogP contribution is -2.68. The first-order valence-electron chi connectivity index (χ1n) is 10.4. The highest BCUT2D eigenvalue weighted by molar-refractivity contribution is 7.50. The number of pyridine rings is 1. The van der Waals surface area contributed by atoms with E-state index in [9.17, 15) is 22.5 Å². The van der Waals surface area contributed by atoms with Crippen LogP contribution in [-0.4, -0.2) is 60.4 Å². The van der Waals surface area contributed by atoms with Crippen LogP contribution in [0.5, 0.6) is 0 Å². The van der Waals surface area contributed by atoms with Crippen molar-refractivity contribution in [3.63, 3.8) is 0 Å². The van der Waals surface area contributed by atoms with Crippen LogP contribution in [0.15, 0.2) is 36.5 Å². The Bertz CT molecular complexity index is 1480. The number of aromatic nitrogens is 5. The van der Waals surface area contributed by atoms with Crippen LogP contribution in [0.2, 0.25) is 0 Å². The Balaban J connectivity index is 1.34. The third-order valence-electron chi connectivity index (χ3n) is 5.82. The first kappa shape index (κ1) is 23.9. The van der Waals surface area contributed by atoms with Crippen LogP contribution in [0, 0.1) is 5.82 Å². The minimum atomic E-state index is -4.98. The number of alkyl halides is 3. The summed E-state index contributed by atoms with van der Waals surface area (Å²) < 4.78 is 88.7. The summed E-state index contributed by atoms with van der Waals surface area (Å²) in [5, 5.41) is 20.8. The molecule has 1 aromatic carbocycles. The summed E-state index contributed by atoms with van der Waals surface area (Å²) in [6.45, 7) is 2.33. The third-order valence-corrected chi connectivity index (χ3v) is 7.25. The molecule has 4 fully saturated rings. The van der Waals surface area contributed by atoms with Gasteiger partial charge in [-0.15, -0.1) is 10.2 Å². The molecule has 37 heavy (non-hydrogen) atoms. The number of hydrogen-bond acceptors (Lipinski definition) is 11. The Morgan fingerprint density at radius 1 is 1.22 bits per heavy atom. The number of hydrogen-bond donors (Lipinski definition) is 1. The molecule has 1 spiro atoms. The zero-order valence-electron chi connectivity index (χ0n) is 18.3. The molecule has 18 heteroatoms. The van der Waals surface area contributed by atoms with E-state index in [2.05, 4.69) is 29.7 Å². The van der Waals surface area contributed by atoms with Gasteiger partial charge in [0.1, 0.15) is 11.5 Å². The fourth-order valence-electron chi connectivity index (χ4n) is 4.10. The fourth-order valence-corrected chi connectivity index (χ4v) is 5.78. The predicted octanol–water partition coefficient (Wildman–Crippen LogP) is 2.98. The van der Waals surface area contributed by atoms with Crippen LogP contribution in [0.25, 0.3) is 22.6 Å². The van der Waals surface area contributed by atoms with Crippen LogP contribution < -0.4 is 4.90 Å². The molecule has 1 amide bonds. The van der Waals surface area contributed by atoms with E-state index < -0.39 is 49.4 Å². The molecule has 13 nitrogen and oxygen atoms in total. The number of halogens is 4. The Kier molecular flexibility index (Phi) is 4.85. The fraction of sp³-hybridized carbons (Fsp3) is 0.316. The Labute approximate surface area is 203 Å². The second kappa shape index (κ2) is 7.52. The summed E-state index contributed by atoms with van der Waals surface area (Å²) in [7, 11) is -4.67. The van der Waals surface area contributed by atoms with Gasteiger partial charge in [0, 0.05) is 17.3 Å². The average molecular weight is 544 g/mol. The number of ether oxygens (including phenoxy) is 1. The second-order valence-electron chi connectivity index (χ2n) is 7.98. The van der Waals surface area contributed by atoms with Gasteiger partial charge < -0.3 is 9.84 Å². The van der Waals surface area contributed by atoms with Crippen LogP contribution in [0.4, 0.5) is 28.0 Å². The normalized spacial score (nSPS) is 29.1. The van der Waals surface area contributed by atoms with Gasteiger partial charge in [-0.2, -0.15) is 13.6 Å². The van der Waals surface area contributed by atoms with Crippen LogP contribution in [0.1, 0.15) is 6.92 Å². The number of amides is 1. The molecule has 3 aromatic rings. The second-order valence-corrected chi connectivity index (χ2v) is 9.42. The molecule has 2 bridgehead atoms. The standard InChI is InChI=1S/C19H13F4N6O7P/c1-2-28-26-14(25-27-28)13-6-3-9(8-24-13)11-5-4-10(7-12(11)20)29-16(31)33-18(17(22,23)15(21)30)19(29)35-37(32,34-18)36-19/h3-8,15,30H,2H2,1H3/t15-,18-,19?,37?/m0/s1. The molecule has 4 saturated heterocycles. The van der Waals surface area contributed by atoms with E-state index >= 15 is 4.39 Å². The summed E-state index contributed by atoms with van der Waals surface area (Å²) >= 11 is 0. The minimum absolute atomic E-state index is 0.00222. The van der Waals surface area contributed by atoms with Gasteiger partial charge >= 0.3 is 31.5 Å². The van der Waals surface area contributed by atoms with E-state index in [4.69, 9.17) is 14.2 Å². The maximum absolute atomic E-state index is 15.1. The summed E-state index contributed by atoms with van der Waals surface area (Å²) in [6, 6.07) is 6.10. The smallest absolute Gasteiger partial charge is 0.401 e. The van der Waals surface area contributed by atoms with Gasteiger partial charge in [0.2, 0.25) is 5.82 Å². The van der Waals surface area contributed by atoms with E-state index in [0.717, 1.165) is 12.1 Å². The highest BCUT2D eigenvalue weighted by atomic mass is 31.2. The number of rotatable bonds is 6. The molecular weight excluding hydrogens is 531 g/mol. The maximum Gasteiger partial charge on any atom is 0.487 e. The van der Waals surface area contributed by atoms with Crippen molar-refractivity contribution in [1.29, 1.82) is 0 Å². The summed E-state index contributed by atoms with van der Waals surface area (Å²) in [5.74, 6) is -12.5. The number of carbonyl (C=O) groups excluding carboxylic acids is 1. The molecular formula is C19H13F4N6O7P. The lowest BCUT2D eigenvalue weighted by atomic mass is 10.0. The Morgan fingerprint density at radius 3 is 2.57 bits per heavy atom. The maximum atomic E-state index is 15.1. The van der Waals surface area contributed by atoms with E-state index in [0.29, 0.717) is 17.8 Å². The van der Waals surface area contributed by atoms with Crippen molar-refractivity contribution in [2.75, 3.05) is 4.90 Å². The number of aryl methyl sites for hydroxylation is 1. The zero-order valence-corrected chi connectivity index (χ0v) is 19.2. The van der Waals surface area contributed by atoms with Crippen LogP contribution in [-0.2, 0) is 29.4 Å². The first-order chi connectivity index (χ1) is 17.5. The molecule has 1 N–H and O–H groups in total. The van der Waals surface area contributed by atoms with Crippen molar-refractivity contribution in [3.8, 4) is 22.6 Å². The van der Waals surface area contributed by atoms with Crippen molar-refractivity contribution >= 4 is 19.6 Å².